The SMILES string of the molecule is COC(=O)c1ccc(NC(c2ccccc2C)c2ccccc2C)nn1. The Morgan fingerprint density at radius 3 is 1.92 bits per heavy atom. The van der Waals surface area contributed by atoms with Gasteiger partial charge in [0.05, 0.1) is 13.2 Å². The fourth-order valence-electron chi connectivity index (χ4n) is 2.91. The first-order valence-corrected chi connectivity index (χ1v) is 8.40. The molecule has 3 rings (SSSR count). The Balaban J connectivity index is 1.98. The molecule has 0 spiro atoms. The molecule has 5 heteroatoms. The second-order valence-corrected chi connectivity index (χ2v) is 6.09. The van der Waals surface area contributed by atoms with Crippen LogP contribution >= 0.6 is 0 Å². The number of methoxy groups -OCH3 is 1. The van der Waals surface area contributed by atoms with Crippen molar-refractivity contribution in [3.8, 4) is 0 Å². The smallest absolute Gasteiger partial charge is 0.358 e. The molecule has 0 saturated heterocycles. The Morgan fingerprint density at radius 1 is 0.885 bits per heavy atom. The van der Waals surface area contributed by atoms with Crippen molar-refractivity contribution < 1.29 is 9.53 Å². The third-order valence-electron chi connectivity index (χ3n) is 4.35. The van der Waals surface area contributed by atoms with E-state index in [0.29, 0.717) is 5.82 Å². The summed E-state index contributed by atoms with van der Waals surface area (Å²) in [5, 5.41) is 11.5. The van der Waals surface area contributed by atoms with Crippen LogP contribution in [0.2, 0.25) is 0 Å². The average Bonchev–Trinajstić information content (AvgIpc) is 2.67. The Hall–Kier alpha value is -3.21. The van der Waals surface area contributed by atoms with Gasteiger partial charge in [0, 0.05) is 0 Å². The quantitative estimate of drug-likeness (QED) is 0.705. The second-order valence-electron chi connectivity index (χ2n) is 6.09. The van der Waals surface area contributed by atoms with Gasteiger partial charge in [-0.2, -0.15) is 0 Å². The van der Waals surface area contributed by atoms with E-state index < -0.39 is 5.97 Å². The summed E-state index contributed by atoms with van der Waals surface area (Å²) in [4.78, 5) is 11.5. The molecule has 26 heavy (non-hydrogen) atoms. The van der Waals surface area contributed by atoms with E-state index in [1.54, 1.807) is 12.1 Å². The first-order valence-electron chi connectivity index (χ1n) is 8.40. The molecule has 3 aromatic rings. The normalized spacial score (nSPS) is 10.6. The number of hydrogen-bond donors (Lipinski definition) is 1. The largest absolute Gasteiger partial charge is 0.464 e. The summed E-state index contributed by atoms with van der Waals surface area (Å²) in [6, 6.07) is 19.8. The number of nitrogens with one attached hydrogen (secondary N) is 1. The molecule has 1 heterocycles. The topological polar surface area (TPSA) is 64.1 Å². The molecule has 0 unspecified atom stereocenters. The predicted molar refractivity (Wildman–Crippen MR) is 101 cm³/mol. The van der Waals surface area contributed by atoms with Crippen LogP contribution in [0, 0.1) is 13.8 Å². The first kappa shape index (κ1) is 17.6. The summed E-state index contributed by atoms with van der Waals surface area (Å²) in [7, 11) is 1.32. The average molecular weight is 347 g/mol. The van der Waals surface area contributed by atoms with Crippen molar-refractivity contribution in [2.24, 2.45) is 0 Å². The third-order valence-corrected chi connectivity index (χ3v) is 4.35. The lowest BCUT2D eigenvalue weighted by atomic mass is 9.92. The highest BCUT2D eigenvalue weighted by Gasteiger charge is 2.18. The van der Waals surface area contributed by atoms with E-state index in [9.17, 15) is 4.79 Å². The van der Waals surface area contributed by atoms with Crippen molar-refractivity contribution in [2.75, 3.05) is 12.4 Å². The van der Waals surface area contributed by atoms with Gasteiger partial charge in [-0.25, -0.2) is 4.79 Å². The zero-order valence-electron chi connectivity index (χ0n) is 15.1. The summed E-state index contributed by atoms with van der Waals surface area (Å²) < 4.78 is 4.67. The summed E-state index contributed by atoms with van der Waals surface area (Å²) in [5.41, 5.74) is 4.89. The van der Waals surface area contributed by atoms with Crippen LogP contribution in [0.3, 0.4) is 0 Å². The van der Waals surface area contributed by atoms with Gasteiger partial charge in [-0.05, 0) is 48.2 Å². The molecule has 5 nitrogen and oxygen atoms in total. The zero-order valence-corrected chi connectivity index (χ0v) is 15.1. The molecule has 1 aromatic heterocycles. The van der Waals surface area contributed by atoms with E-state index in [0.717, 1.165) is 0 Å². The molecule has 0 aliphatic carbocycles. The molecule has 0 radical (unpaired) electrons. The number of ether oxygens (including phenoxy) is 1. The minimum absolute atomic E-state index is 0.0734. The van der Waals surface area contributed by atoms with Crippen LogP contribution in [0.15, 0.2) is 60.7 Å². The number of hydrogen-bond acceptors (Lipinski definition) is 5. The lowest BCUT2D eigenvalue weighted by molar-refractivity contribution is 0.0593. The zero-order chi connectivity index (χ0) is 18.5. The predicted octanol–water partition coefficient (Wildman–Crippen LogP) is 4.08. The Labute approximate surface area is 153 Å². The van der Waals surface area contributed by atoms with Gasteiger partial charge in [0.2, 0.25) is 0 Å². The molecule has 0 saturated carbocycles. The van der Waals surface area contributed by atoms with Crippen molar-refractivity contribution in [1.29, 1.82) is 0 Å². The number of aryl methyl sites for hydroxylation is 2. The van der Waals surface area contributed by atoms with Crippen LogP contribution in [-0.2, 0) is 4.74 Å². The third kappa shape index (κ3) is 3.72. The highest BCUT2D eigenvalue weighted by atomic mass is 16.5. The number of aromatic nitrogens is 2. The number of esters is 1. The van der Waals surface area contributed by atoms with Gasteiger partial charge in [-0.3, -0.25) is 0 Å². The maximum absolute atomic E-state index is 11.5. The number of benzene rings is 2. The number of anilines is 1. The summed E-state index contributed by atoms with van der Waals surface area (Å²) in [6.45, 7) is 4.18. The molecule has 0 atom stereocenters. The molecule has 0 aliphatic heterocycles. The van der Waals surface area contributed by atoms with Crippen molar-refractivity contribution in [1.82, 2.24) is 10.2 Å². The lowest BCUT2D eigenvalue weighted by Gasteiger charge is -2.23. The Bertz CT molecular complexity index is 862. The number of carbonyl (C=O) groups is 1. The lowest BCUT2D eigenvalue weighted by Crippen LogP contribution is -2.16. The Kier molecular flexibility index (Phi) is 5.27. The van der Waals surface area contributed by atoms with Crippen LogP contribution < -0.4 is 5.32 Å². The first-order chi connectivity index (χ1) is 12.6. The van der Waals surface area contributed by atoms with E-state index in [1.165, 1.54) is 29.4 Å². The number of nitrogens with zero attached hydrogens (tertiary/aromatic N) is 2. The summed E-state index contributed by atoms with van der Waals surface area (Å²) in [5.74, 6) is 0.0903. The molecule has 0 aliphatic rings. The standard InChI is InChI=1S/C21H21N3O2/c1-14-8-4-6-10-16(14)20(17-11-7-5-9-15(17)2)22-19-13-12-18(23-24-19)21(25)26-3/h4-13,20H,1-3H3,(H,22,24). The van der Waals surface area contributed by atoms with E-state index in [4.69, 9.17) is 0 Å². The monoisotopic (exact) mass is 347 g/mol. The van der Waals surface area contributed by atoms with E-state index in [2.05, 4.69) is 58.4 Å². The Morgan fingerprint density at radius 2 is 1.46 bits per heavy atom. The molecular weight excluding hydrogens is 326 g/mol. The van der Waals surface area contributed by atoms with Gasteiger partial charge < -0.3 is 10.1 Å². The summed E-state index contributed by atoms with van der Waals surface area (Å²) >= 11 is 0. The van der Waals surface area contributed by atoms with E-state index in [1.807, 2.05) is 24.3 Å². The molecule has 2 aromatic carbocycles. The number of carbonyl (C=O) groups excluding carboxylic acids is 1. The van der Waals surface area contributed by atoms with Crippen LogP contribution in [0.25, 0.3) is 0 Å². The van der Waals surface area contributed by atoms with Gasteiger partial charge >= 0.3 is 5.97 Å². The van der Waals surface area contributed by atoms with Gasteiger partial charge in [0.15, 0.2) is 5.69 Å². The van der Waals surface area contributed by atoms with Crippen molar-refractivity contribution >= 4 is 11.8 Å². The van der Waals surface area contributed by atoms with Crippen LogP contribution in [0.5, 0.6) is 0 Å². The van der Waals surface area contributed by atoms with E-state index >= 15 is 0 Å². The number of rotatable bonds is 5. The van der Waals surface area contributed by atoms with Gasteiger partial charge in [0.1, 0.15) is 5.82 Å². The molecule has 132 valence electrons. The van der Waals surface area contributed by atoms with Crippen molar-refractivity contribution in [3.63, 3.8) is 0 Å². The van der Waals surface area contributed by atoms with Gasteiger partial charge in [0.25, 0.3) is 0 Å². The fourth-order valence-corrected chi connectivity index (χ4v) is 2.91. The second kappa shape index (κ2) is 7.78. The van der Waals surface area contributed by atoms with Crippen LogP contribution in [0.1, 0.15) is 38.8 Å². The van der Waals surface area contributed by atoms with Crippen molar-refractivity contribution in [2.45, 2.75) is 19.9 Å². The highest BCUT2D eigenvalue weighted by molar-refractivity contribution is 5.86. The minimum Gasteiger partial charge on any atom is -0.464 e. The van der Waals surface area contributed by atoms with Crippen LogP contribution in [0.4, 0.5) is 5.82 Å². The molecule has 1 N–H and O–H groups in total. The maximum atomic E-state index is 11.5. The highest BCUT2D eigenvalue weighted by Crippen LogP contribution is 2.30. The maximum Gasteiger partial charge on any atom is 0.358 e. The fraction of sp³-hybridized carbons (Fsp3) is 0.190. The minimum atomic E-state index is -0.501. The van der Waals surface area contributed by atoms with Gasteiger partial charge in [-0.1, -0.05) is 48.5 Å². The van der Waals surface area contributed by atoms with Crippen LogP contribution in [-0.4, -0.2) is 23.3 Å². The molecule has 0 amide bonds. The van der Waals surface area contributed by atoms with Crippen molar-refractivity contribution in [3.05, 3.63) is 88.6 Å². The molecule has 0 bridgehead atoms. The van der Waals surface area contributed by atoms with E-state index in [-0.39, 0.29) is 11.7 Å². The van der Waals surface area contributed by atoms with Gasteiger partial charge in [-0.15, -0.1) is 10.2 Å². The summed E-state index contributed by atoms with van der Waals surface area (Å²) in [6.07, 6.45) is 0. The molecule has 0 fully saturated rings. The molecular formula is C21H21N3O2.